The van der Waals surface area contributed by atoms with Crippen molar-refractivity contribution in [3.8, 4) is 5.75 Å². The van der Waals surface area contributed by atoms with Gasteiger partial charge in [-0.2, -0.15) is 0 Å². The van der Waals surface area contributed by atoms with Crippen molar-refractivity contribution < 1.29 is 9.84 Å². The number of aliphatic hydroxyl groups excluding tert-OH is 1. The Bertz CT molecular complexity index is 584. The van der Waals surface area contributed by atoms with E-state index in [-0.39, 0.29) is 0 Å². The lowest BCUT2D eigenvalue weighted by molar-refractivity contribution is 0.0642. The molecule has 1 aromatic heterocycles. The molecule has 1 unspecified atom stereocenters. The predicted octanol–water partition coefficient (Wildman–Crippen LogP) is 0.880. The molecule has 5 heteroatoms. The summed E-state index contributed by atoms with van der Waals surface area (Å²) in [6.45, 7) is 4.91. The number of pyridine rings is 1. The number of nitrogens with one attached hydrogen (secondary N) is 1. The van der Waals surface area contributed by atoms with Gasteiger partial charge in [0, 0.05) is 50.4 Å². The molecule has 112 valence electrons. The molecular formula is C16H21N3O2. The van der Waals surface area contributed by atoms with E-state index in [1.165, 1.54) is 0 Å². The summed E-state index contributed by atoms with van der Waals surface area (Å²) in [6, 6.07) is 9.75. The number of aromatic nitrogens is 1. The first-order valence-electron chi connectivity index (χ1n) is 7.40. The zero-order chi connectivity index (χ0) is 14.5. The van der Waals surface area contributed by atoms with Gasteiger partial charge < -0.3 is 15.2 Å². The molecule has 2 N–H and O–H groups in total. The molecule has 5 nitrogen and oxygen atoms in total. The van der Waals surface area contributed by atoms with E-state index in [0.29, 0.717) is 13.2 Å². The first-order chi connectivity index (χ1) is 10.3. The van der Waals surface area contributed by atoms with Gasteiger partial charge >= 0.3 is 0 Å². The molecular weight excluding hydrogens is 266 g/mol. The summed E-state index contributed by atoms with van der Waals surface area (Å²) < 4.78 is 5.69. The molecule has 3 rings (SSSR count). The highest BCUT2D eigenvalue weighted by molar-refractivity contribution is 5.79. The molecule has 1 aliphatic rings. The average Bonchev–Trinajstić information content (AvgIpc) is 2.54. The molecule has 0 spiro atoms. The lowest BCUT2D eigenvalue weighted by Crippen LogP contribution is -2.47. The standard InChI is InChI=1S/C16H21N3O2/c20-14(11-19-8-6-17-7-9-19)12-21-15-4-3-13-2-1-5-18-16(13)10-15/h1-5,10,14,17,20H,6-9,11-12H2. The quantitative estimate of drug-likeness (QED) is 0.855. The molecule has 2 heterocycles. The van der Waals surface area contributed by atoms with E-state index in [1.807, 2.05) is 30.3 Å². The van der Waals surface area contributed by atoms with Gasteiger partial charge in [0.25, 0.3) is 0 Å². The zero-order valence-corrected chi connectivity index (χ0v) is 12.0. The van der Waals surface area contributed by atoms with Crippen LogP contribution in [0.15, 0.2) is 36.5 Å². The Morgan fingerprint density at radius 2 is 2.14 bits per heavy atom. The monoisotopic (exact) mass is 287 g/mol. The van der Waals surface area contributed by atoms with Gasteiger partial charge in [-0.1, -0.05) is 6.07 Å². The fourth-order valence-electron chi connectivity index (χ4n) is 2.57. The Morgan fingerprint density at radius 1 is 1.29 bits per heavy atom. The fraction of sp³-hybridized carbons (Fsp3) is 0.438. The number of benzene rings is 1. The number of nitrogens with zero attached hydrogens (tertiary/aromatic N) is 2. The van der Waals surface area contributed by atoms with Crippen molar-refractivity contribution in [2.45, 2.75) is 6.10 Å². The van der Waals surface area contributed by atoms with Crippen LogP contribution in [0.3, 0.4) is 0 Å². The maximum atomic E-state index is 10.1. The van der Waals surface area contributed by atoms with E-state index < -0.39 is 6.10 Å². The highest BCUT2D eigenvalue weighted by Gasteiger charge is 2.14. The summed E-state index contributed by atoms with van der Waals surface area (Å²) in [5.41, 5.74) is 0.909. The predicted molar refractivity (Wildman–Crippen MR) is 82.6 cm³/mol. The minimum Gasteiger partial charge on any atom is -0.491 e. The van der Waals surface area contributed by atoms with Crippen molar-refractivity contribution in [2.75, 3.05) is 39.3 Å². The van der Waals surface area contributed by atoms with Crippen molar-refractivity contribution >= 4 is 10.9 Å². The molecule has 0 aliphatic carbocycles. The van der Waals surface area contributed by atoms with Crippen LogP contribution in [0.1, 0.15) is 0 Å². The first kappa shape index (κ1) is 14.3. The SMILES string of the molecule is OC(COc1ccc2cccnc2c1)CN1CCNCC1. The molecule has 0 amide bonds. The number of ether oxygens (including phenoxy) is 1. The summed E-state index contributed by atoms with van der Waals surface area (Å²) in [6.07, 6.45) is 1.30. The Morgan fingerprint density at radius 3 is 3.00 bits per heavy atom. The second-order valence-electron chi connectivity index (χ2n) is 5.37. The van der Waals surface area contributed by atoms with Crippen molar-refractivity contribution in [3.63, 3.8) is 0 Å². The molecule has 1 aromatic carbocycles. The van der Waals surface area contributed by atoms with Gasteiger partial charge in [0.2, 0.25) is 0 Å². The summed E-state index contributed by atoms with van der Waals surface area (Å²) in [4.78, 5) is 6.56. The number of hydrogen-bond acceptors (Lipinski definition) is 5. The Kier molecular flexibility index (Phi) is 4.65. The maximum absolute atomic E-state index is 10.1. The van der Waals surface area contributed by atoms with Gasteiger partial charge in [-0.25, -0.2) is 0 Å². The number of β-amino-alcohol motifs (C(OH)–C–C–N with tert-alkyl or cyclic N) is 1. The van der Waals surface area contributed by atoms with Crippen molar-refractivity contribution in [3.05, 3.63) is 36.5 Å². The van der Waals surface area contributed by atoms with Gasteiger partial charge in [-0.3, -0.25) is 9.88 Å². The van der Waals surface area contributed by atoms with Crippen LogP contribution in [0.2, 0.25) is 0 Å². The molecule has 2 aromatic rings. The number of piperazine rings is 1. The van der Waals surface area contributed by atoms with E-state index >= 15 is 0 Å². The van der Waals surface area contributed by atoms with Crippen molar-refractivity contribution in [2.24, 2.45) is 0 Å². The average molecular weight is 287 g/mol. The minimum atomic E-state index is -0.470. The molecule has 0 saturated carbocycles. The van der Waals surface area contributed by atoms with Crippen LogP contribution in [0.25, 0.3) is 10.9 Å². The molecule has 1 saturated heterocycles. The normalized spacial score (nSPS) is 17.8. The van der Waals surface area contributed by atoms with E-state index in [9.17, 15) is 5.11 Å². The van der Waals surface area contributed by atoms with Crippen LogP contribution in [-0.2, 0) is 0 Å². The molecule has 0 radical (unpaired) electrons. The number of hydrogen-bond donors (Lipinski definition) is 2. The summed E-state index contributed by atoms with van der Waals surface area (Å²) in [5, 5.41) is 14.5. The minimum absolute atomic E-state index is 0.308. The van der Waals surface area contributed by atoms with Crippen molar-refractivity contribution in [1.29, 1.82) is 0 Å². The summed E-state index contributed by atoms with van der Waals surface area (Å²) in [7, 11) is 0. The highest BCUT2D eigenvalue weighted by Crippen LogP contribution is 2.18. The summed E-state index contributed by atoms with van der Waals surface area (Å²) >= 11 is 0. The Labute approximate surface area is 124 Å². The van der Waals surface area contributed by atoms with Crippen LogP contribution in [0.5, 0.6) is 5.75 Å². The Hall–Kier alpha value is -1.69. The number of fused-ring (bicyclic) bond motifs is 1. The lowest BCUT2D eigenvalue weighted by atomic mass is 10.2. The molecule has 21 heavy (non-hydrogen) atoms. The maximum Gasteiger partial charge on any atom is 0.121 e. The van der Waals surface area contributed by atoms with Crippen molar-refractivity contribution in [1.82, 2.24) is 15.2 Å². The van der Waals surface area contributed by atoms with Crippen LogP contribution in [0, 0.1) is 0 Å². The van der Waals surface area contributed by atoms with Gasteiger partial charge in [-0.05, 0) is 18.2 Å². The largest absolute Gasteiger partial charge is 0.491 e. The number of rotatable bonds is 5. The molecule has 1 fully saturated rings. The third-order valence-corrected chi connectivity index (χ3v) is 3.70. The van der Waals surface area contributed by atoms with Gasteiger partial charge in [-0.15, -0.1) is 0 Å². The molecule has 1 aliphatic heterocycles. The third-order valence-electron chi connectivity index (χ3n) is 3.70. The van der Waals surface area contributed by atoms with Crippen LogP contribution in [-0.4, -0.2) is 60.4 Å². The molecule has 0 bridgehead atoms. The van der Waals surface area contributed by atoms with E-state index in [2.05, 4.69) is 15.2 Å². The fourth-order valence-corrected chi connectivity index (χ4v) is 2.57. The Balaban J connectivity index is 1.53. The summed E-state index contributed by atoms with van der Waals surface area (Å²) in [5.74, 6) is 0.751. The van der Waals surface area contributed by atoms with Crippen LogP contribution in [0.4, 0.5) is 0 Å². The van der Waals surface area contributed by atoms with E-state index in [4.69, 9.17) is 4.74 Å². The second kappa shape index (κ2) is 6.85. The van der Waals surface area contributed by atoms with Crippen LogP contribution >= 0.6 is 0 Å². The smallest absolute Gasteiger partial charge is 0.121 e. The van der Waals surface area contributed by atoms with E-state index in [0.717, 1.165) is 42.8 Å². The lowest BCUT2D eigenvalue weighted by Gasteiger charge is -2.29. The van der Waals surface area contributed by atoms with E-state index in [1.54, 1.807) is 6.20 Å². The number of aliphatic hydroxyl groups is 1. The highest BCUT2D eigenvalue weighted by atomic mass is 16.5. The van der Waals surface area contributed by atoms with Gasteiger partial charge in [0.1, 0.15) is 18.5 Å². The van der Waals surface area contributed by atoms with Crippen LogP contribution < -0.4 is 10.1 Å². The van der Waals surface area contributed by atoms with Gasteiger partial charge in [0.15, 0.2) is 0 Å². The first-order valence-corrected chi connectivity index (χ1v) is 7.40. The third kappa shape index (κ3) is 3.91. The van der Waals surface area contributed by atoms with Gasteiger partial charge in [0.05, 0.1) is 5.52 Å². The molecule has 1 atom stereocenters. The topological polar surface area (TPSA) is 57.6 Å². The second-order valence-corrected chi connectivity index (χ2v) is 5.37. The zero-order valence-electron chi connectivity index (χ0n) is 12.0.